The van der Waals surface area contributed by atoms with Crippen molar-refractivity contribution >= 4 is 15.9 Å². The standard InChI is InChI=1S/C8H4BrF4N/c9-6-1-5(8(11,12)13)2-7(10,3-6)4-14/h1-2H,3H2. The van der Waals surface area contributed by atoms with Crippen molar-refractivity contribution in [2.45, 2.75) is 18.3 Å². The molecule has 0 aromatic rings. The summed E-state index contributed by atoms with van der Waals surface area (Å²) in [7, 11) is 0. The van der Waals surface area contributed by atoms with Gasteiger partial charge in [-0.25, -0.2) is 4.39 Å². The number of nitriles is 1. The van der Waals surface area contributed by atoms with Gasteiger partial charge in [0.2, 0.25) is 5.67 Å². The van der Waals surface area contributed by atoms with Gasteiger partial charge >= 0.3 is 6.18 Å². The van der Waals surface area contributed by atoms with Gasteiger partial charge in [0.05, 0.1) is 5.57 Å². The zero-order valence-electron chi connectivity index (χ0n) is 6.70. The summed E-state index contributed by atoms with van der Waals surface area (Å²) >= 11 is 2.77. The minimum Gasteiger partial charge on any atom is -0.222 e. The van der Waals surface area contributed by atoms with Crippen molar-refractivity contribution in [2.75, 3.05) is 0 Å². The second-order valence-corrected chi connectivity index (χ2v) is 3.86. The third-order valence-electron chi connectivity index (χ3n) is 1.64. The molecule has 14 heavy (non-hydrogen) atoms. The Morgan fingerprint density at radius 2 is 2.07 bits per heavy atom. The summed E-state index contributed by atoms with van der Waals surface area (Å²) < 4.78 is 49.9. The molecule has 0 N–H and O–H groups in total. The molecule has 76 valence electrons. The van der Waals surface area contributed by atoms with Crippen LogP contribution in [0.4, 0.5) is 17.6 Å². The molecule has 0 saturated heterocycles. The predicted molar refractivity (Wildman–Crippen MR) is 45.2 cm³/mol. The highest BCUT2D eigenvalue weighted by atomic mass is 79.9. The monoisotopic (exact) mass is 269 g/mol. The van der Waals surface area contributed by atoms with Gasteiger partial charge in [-0.2, -0.15) is 18.4 Å². The van der Waals surface area contributed by atoms with Crippen LogP contribution >= 0.6 is 15.9 Å². The summed E-state index contributed by atoms with van der Waals surface area (Å²) in [5.41, 5.74) is -3.71. The molecule has 1 aliphatic carbocycles. The molecule has 0 amide bonds. The molecule has 1 aliphatic rings. The summed E-state index contributed by atoms with van der Waals surface area (Å²) in [5.74, 6) is 0. The molecule has 1 nitrogen and oxygen atoms in total. The molecular weight excluding hydrogens is 266 g/mol. The van der Waals surface area contributed by atoms with Gasteiger partial charge < -0.3 is 0 Å². The highest BCUT2D eigenvalue weighted by molar-refractivity contribution is 9.11. The maximum absolute atomic E-state index is 13.3. The highest BCUT2D eigenvalue weighted by Crippen LogP contribution is 2.38. The number of allylic oxidation sites excluding steroid dienone is 4. The second kappa shape index (κ2) is 3.39. The average molecular weight is 270 g/mol. The van der Waals surface area contributed by atoms with Crippen molar-refractivity contribution < 1.29 is 17.6 Å². The lowest BCUT2D eigenvalue weighted by molar-refractivity contribution is -0.0894. The van der Waals surface area contributed by atoms with Gasteiger partial charge in [-0.1, -0.05) is 15.9 Å². The average Bonchev–Trinajstić information content (AvgIpc) is 2.01. The first kappa shape index (κ1) is 11.2. The first-order valence-electron chi connectivity index (χ1n) is 3.53. The van der Waals surface area contributed by atoms with E-state index in [0.717, 1.165) is 6.08 Å². The third kappa shape index (κ3) is 2.35. The van der Waals surface area contributed by atoms with Crippen molar-refractivity contribution in [2.24, 2.45) is 0 Å². The van der Waals surface area contributed by atoms with Crippen molar-refractivity contribution in [3.8, 4) is 6.07 Å². The van der Waals surface area contributed by atoms with Crippen LogP contribution in [-0.4, -0.2) is 11.8 Å². The van der Waals surface area contributed by atoms with Crippen LogP contribution < -0.4 is 0 Å². The summed E-state index contributed by atoms with van der Waals surface area (Å²) in [4.78, 5) is 0. The molecule has 1 atom stereocenters. The number of nitrogens with zero attached hydrogens (tertiary/aromatic N) is 1. The van der Waals surface area contributed by atoms with Crippen molar-refractivity contribution in [3.05, 3.63) is 22.2 Å². The Morgan fingerprint density at radius 3 is 2.50 bits per heavy atom. The molecular formula is C8H4BrF4N. The van der Waals surface area contributed by atoms with Crippen LogP contribution in [0.25, 0.3) is 0 Å². The molecule has 0 radical (unpaired) electrons. The van der Waals surface area contributed by atoms with E-state index in [0.29, 0.717) is 6.08 Å². The van der Waals surface area contributed by atoms with E-state index in [1.54, 1.807) is 0 Å². The second-order valence-electron chi connectivity index (χ2n) is 2.84. The molecule has 0 aromatic heterocycles. The maximum atomic E-state index is 13.3. The summed E-state index contributed by atoms with van der Waals surface area (Å²) in [6.45, 7) is 0. The van der Waals surface area contributed by atoms with Gasteiger partial charge in [-0.15, -0.1) is 0 Å². The Labute approximate surface area is 85.8 Å². The Morgan fingerprint density at radius 1 is 1.50 bits per heavy atom. The van der Waals surface area contributed by atoms with Crippen LogP contribution in [0.1, 0.15) is 6.42 Å². The van der Waals surface area contributed by atoms with E-state index in [9.17, 15) is 17.6 Å². The maximum Gasteiger partial charge on any atom is 0.416 e. The zero-order valence-corrected chi connectivity index (χ0v) is 8.28. The van der Waals surface area contributed by atoms with Crippen molar-refractivity contribution in [1.82, 2.24) is 0 Å². The quantitative estimate of drug-likeness (QED) is 0.619. The highest BCUT2D eigenvalue weighted by Gasteiger charge is 2.40. The van der Waals surface area contributed by atoms with Gasteiger partial charge in [-0.05, 0) is 12.2 Å². The number of halogens is 5. The molecule has 0 saturated carbocycles. The van der Waals surface area contributed by atoms with E-state index >= 15 is 0 Å². The fraction of sp³-hybridized carbons (Fsp3) is 0.375. The minimum absolute atomic E-state index is 0.0244. The molecule has 0 aromatic carbocycles. The number of hydrogen-bond acceptors (Lipinski definition) is 1. The fourth-order valence-electron chi connectivity index (χ4n) is 1.04. The predicted octanol–water partition coefficient (Wildman–Crippen LogP) is 3.39. The van der Waals surface area contributed by atoms with Crippen LogP contribution in [0, 0.1) is 11.3 Å². The molecule has 0 spiro atoms. The fourth-order valence-corrected chi connectivity index (χ4v) is 1.69. The van der Waals surface area contributed by atoms with Crippen LogP contribution in [0.15, 0.2) is 22.2 Å². The lowest BCUT2D eigenvalue weighted by Gasteiger charge is -2.20. The lowest BCUT2D eigenvalue weighted by Crippen LogP contribution is -2.24. The number of alkyl halides is 4. The van der Waals surface area contributed by atoms with Gasteiger partial charge in [-0.3, -0.25) is 0 Å². The topological polar surface area (TPSA) is 23.8 Å². The Bertz CT molecular complexity index is 349. The van der Waals surface area contributed by atoms with E-state index in [1.165, 1.54) is 6.07 Å². The first-order valence-corrected chi connectivity index (χ1v) is 4.32. The van der Waals surface area contributed by atoms with E-state index in [2.05, 4.69) is 15.9 Å². The summed E-state index contributed by atoms with van der Waals surface area (Å²) in [6.07, 6.45) is -3.94. The van der Waals surface area contributed by atoms with Crippen LogP contribution in [-0.2, 0) is 0 Å². The molecule has 0 bridgehead atoms. The van der Waals surface area contributed by atoms with Crippen LogP contribution in [0.2, 0.25) is 0 Å². The smallest absolute Gasteiger partial charge is 0.222 e. The van der Waals surface area contributed by atoms with E-state index in [1.807, 2.05) is 0 Å². The SMILES string of the molecule is N#CC1(F)C=C(C(F)(F)F)C=C(Br)C1. The van der Waals surface area contributed by atoms with E-state index in [4.69, 9.17) is 5.26 Å². The Hall–Kier alpha value is -0.830. The van der Waals surface area contributed by atoms with Crippen LogP contribution in [0.5, 0.6) is 0 Å². The molecule has 1 rings (SSSR count). The molecule has 0 heterocycles. The van der Waals surface area contributed by atoms with Gasteiger partial charge in [0, 0.05) is 10.9 Å². The summed E-state index contributed by atoms with van der Waals surface area (Å²) in [5, 5.41) is 8.37. The Balaban J connectivity index is 3.14. The van der Waals surface area contributed by atoms with Gasteiger partial charge in [0.1, 0.15) is 6.07 Å². The molecule has 1 unspecified atom stereocenters. The van der Waals surface area contributed by atoms with Gasteiger partial charge in [0.15, 0.2) is 0 Å². The Kier molecular flexibility index (Phi) is 2.72. The van der Waals surface area contributed by atoms with Crippen molar-refractivity contribution in [1.29, 1.82) is 5.26 Å². The molecule has 0 fully saturated rings. The van der Waals surface area contributed by atoms with E-state index < -0.39 is 17.4 Å². The lowest BCUT2D eigenvalue weighted by atomic mass is 9.94. The first-order chi connectivity index (χ1) is 6.27. The third-order valence-corrected chi connectivity index (χ3v) is 2.15. The number of rotatable bonds is 0. The largest absolute Gasteiger partial charge is 0.416 e. The zero-order chi connectivity index (χ0) is 11.0. The van der Waals surface area contributed by atoms with Crippen LogP contribution in [0.3, 0.4) is 0 Å². The van der Waals surface area contributed by atoms with E-state index in [-0.39, 0.29) is 10.9 Å². The normalized spacial score (nSPS) is 27.7. The van der Waals surface area contributed by atoms with Crippen molar-refractivity contribution in [3.63, 3.8) is 0 Å². The summed E-state index contributed by atoms with van der Waals surface area (Å²) in [6, 6.07) is 1.20. The number of hydrogen-bond donors (Lipinski definition) is 0. The molecule has 0 aliphatic heterocycles. The minimum atomic E-state index is -4.63. The van der Waals surface area contributed by atoms with Gasteiger partial charge in [0.25, 0.3) is 0 Å². The molecule has 6 heteroatoms.